The maximum Gasteiger partial charge on any atom is 0.408 e. The molecule has 0 aliphatic carbocycles. The van der Waals surface area contributed by atoms with Gasteiger partial charge in [0.15, 0.2) is 17.7 Å². The number of carbonyl (C=O) groups is 3. The molecule has 4 rings (SSSR count). The number of nitrogen functional groups attached to an aromatic ring is 1. The standard InChI is InChI=1S/C28H42N6O10S/c1-11(2)14(31-25(38)44-27(5,6)7)20(35)30-15(12(3)4)23(37)40-10-13-16-17(43-28(8,9)42-16)22(41-13)34-19-18(45-26(34)39)21(36)33-24(29)32-19/h11-17,22H,10H2,1-9H3,(H,30,35)(H,31,38)(H3,29,32,33,36)/t13-,14+,15+,16-,17-,22-/m1/s1. The van der Waals surface area contributed by atoms with Crippen LogP contribution in [0.3, 0.4) is 0 Å². The molecule has 2 aromatic rings. The van der Waals surface area contributed by atoms with Crippen LogP contribution < -0.4 is 26.8 Å². The van der Waals surface area contributed by atoms with Crippen molar-refractivity contribution in [1.29, 1.82) is 0 Å². The van der Waals surface area contributed by atoms with E-state index >= 15 is 0 Å². The van der Waals surface area contributed by atoms with E-state index in [1.165, 1.54) is 4.57 Å². The van der Waals surface area contributed by atoms with E-state index in [0.717, 1.165) is 0 Å². The molecule has 2 saturated heterocycles. The summed E-state index contributed by atoms with van der Waals surface area (Å²) in [5.41, 5.74) is 4.45. The zero-order valence-electron chi connectivity index (χ0n) is 26.8. The summed E-state index contributed by atoms with van der Waals surface area (Å²) in [6.45, 7) is 15.2. The van der Waals surface area contributed by atoms with Gasteiger partial charge in [0, 0.05) is 0 Å². The molecule has 250 valence electrons. The van der Waals surface area contributed by atoms with Crippen LogP contribution in [0.4, 0.5) is 10.7 Å². The lowest BCUT2D eigenvalue weighted by Gasteiger charge is -2.28. The fourth-order valence-corrected chi connectivity index (χ4v) is 5.98. The third-order valence-electron chi connectivity index (χ3n) is 7.10. The molecule has 0 unspecified atom stereocenters. The van der Waals surface area contributed by atoms with Crippen molar-refractivity contribution in [3.8, 4) is 0 Å². The van der Waals surface area contributed by atoms with E-state index < -0.39 is 76.4 Å². The van der Waals surface area contributed by atoms with Gasteiger partial charge in [-0.25, -0.2) is 9.59 Å². The summed E-state index contributed by atoms with van der Waals surface area (Å²) in [7, 11) is 0. The number of aromatic nitrogens is 3. The van der Waals surface area contributed by atoms with E-state index in [2.05, 4.69) is 20.6 Å². The third kappa shape index (κ3) is 7.65. The number of ether oxygens (including phenoxy) is 5. The average Bonchev–Trinajstić information content (AvgIpc) is 3.50. The van der Waals surface area contributed by atoms with E-state index in [4.69, 9.17) is 29.4 Å². The maximum absolute atomic E-state index is 13.3. The average molecular weight is 655 g/mol. The van der Waals surface area contributed by atoms with Crippen molar-refractivity contribution in [2.45, 2.75) is 110 Å². The van der Waals surface area contributed by atoms with Crippen molar-refractivity contribution < 1.29 is 38.1 Å². The van der Waals surface area contributed by atoms with Crippen molar-refractivity contribution in [3.05, 3.63) is 20.0 Å². The van der Waals surface area contributed by atoms with Crippen LogP contribution in [-0.4, -0.2) is 80.9 Å². The van der Waals surface area contributed by atoms with Gasteiger partial charge in [0.05, 0.1) is 0 Å². The minimum Gasteiger partial charge on any atom is -0.461 e. The van der Waals surface area contributed by atoms with Gasteiger partial charge in [-0.1, -0.05) is 39.0 Å². The zero-order chi connectivity index (χ0) is 33.6. The molecule has 5 N–H and O–H groups in total. The Kier molecular flexibility index (Phi) is 9.68. The number of hydrogen-bond acceptors (Lipinski definition) is 13. The maximum atomic E-state index is 13.3. The van der Waals surface area contributed by atoms with Crippen molar-refractivity contribution in [2.24, 2.45) is 11.8 Å². The minimum absolute atomic E-state index is 0.0308. The molecular weight excluding hydrogens is 612 g/mol. The number of nitrogens with two attached hydrogens (primary N) is 1. The zero-order valence-corrected chi connectivity index (χ0v) is 27.6. The van der Waals surface area contributed by atoms with E-state index in [0.29, 0.717) is 11.3 Å². The molecule has 4 heterocycles. The van der Waals surface area contributed by atoms with E-state index in [-0.39, 0.29) is 34.7 Å². The van der Waals surface area contributed by atoms with Crippen LogP contribution in [0, 0.1) is 11.8 Å². The van der Waals surface area contributed by atoms with Crippen molar-refractivity contribution in [2.75, 3.05) is 12.3 Å². The number of H-pyrrole nitrogens is 1. The van der Waals surface area contributed by atoms with Gasteiger partial charge in [-0.2, -0.15) is 4.98 Å². The second kappa shape index (κ2) is 12.7. The lowest BCUT2D eigenvalue weighted by Crippen LogP contribution is -2.56. The number of rotatable bonds is 9. The normalized spacial score (nSPS) is 24.0. The molecule has 0 aromatic carbocycles. The van der Waals surface area contributed by atoms with Gasteiger partial charge in [-0.3, -0.25) is 23.9 Å². The summed E-state index contributed by atoms with van der Waals surface area (Å²) >= 11 is 0.687. The molecule has 2 amide bonds. The smallest absolute Gasteiger partial charge is 0.408 e. The van der Waals surface area contributed by atoms with E-state index in [1.54, 1.807) is 62.3 Å². The summed E-state index contributed by atoms with van der Waals surface area (Å²) < 4.78 is 30.5. The number of thiazole rings is 1. The Morgan fingerprint density at radius 3 is 2.29 bits per heavy atom. The van der Waals surface area contributed by atoms with Crippen LogP contribution in [0.25, 0.3) is 10.3 Å². The van der Waals surface area contributed by atoms with Crippen LogP contribution in [0.15, 0.2) is 9.59 Å². The molecule has 17 heteroatoms. The van der Waals surface area contributed by atoms with E-state index in [9.17, 15) is 24.0 Å². The monoisotopic (exact) mass is 654 g/mol. The highest BCUT2D eigenvalue weighted by atomic mass is 32.1. The second-order valence-corrected chi connectivity index (χ2v) is 14.2. The Morgan fingerprint density at radius 2 is 1.69 bits per heavy atom. The van der Waals surface area contributed by atoms with Crippen LogP contribution in [0.1, 0.15) is 68.5 Å². The number of carbonyl (C=O) groups excluding carboxylic acids is 3. The number of amides is 2. The van der Waals surface area contributed by atoms with Gasteiger partial charge in [0.25, 0.3) is 5.56 Å². The Morgan fingerprint density at radius 1 is 1.07 bits per heavy atom. The predicted molar refractivity (Wildman–Crippen MR) is 162 cm³/mol. The predicted octanol–water partition coefficient (Wildman–Crippen LogP) is 1.38. The van der Waals surface area contributed by atoms with Gasteiger partial charge >= 0.3 is 16.9 Å². The first-order chi connectivity index (χ1) is 20.8. The molecule has 2 aliphatic heterocycles. The lowest BCUT2D eigenvalue weighted by molar-refractivity contribution is -0.202. The Hall–Kier alpha value is -3.54. The molecule has 0 spiro atoms. The van der Waals surface area contributed by atoms with Gasteiger partial charge < -0.3 is 40.1 Å². The number of alkyl carbamates (subject to hydrolysis) is 1. The highest BCUT2D eigenvalue weighted by molar-refractivity contribution is 7.16. The molecule has 16 nitrogen and oxygen atoms in total. The Bertz CT molecular complexity index is 1560. The summed E-state index contributed by atoms with van der Waals surface area (Å²) in [6.07, 6.45) is -4.28. The topological polar surface area (TPSA) is 215 Å². The fraction of sp³-hybridized carbons (Fsp3) is 0.714. The summed E-state index contributed by atoms with van der Waals surface area (Å²) in [4.78, 5) is 70.3. The van der Waals surface area contributed by atoms with Gasteiger partial charge in [-0.05, 0) is 46.5 Å². The number of nitrogens with zero attached hydrogens (tertiary/aromatic N) is 2. The molecule has 0 saturated carbocycles. The molecule has 2 aliphatic rings. The minimum atomic E-state index is -1.07. The molecule has 6 atom stereocenters. The van der Waals surface area contributed by atoms with Crippen LogP contribution in [-0.2, 0) is 33.3 Å². The first-order valence-corrected chi connectivity index (χ1v) is 15.5. The number of esters is 1. The Labute approximate surface area is 263 Å². The fourth-order valence-electron chi connectivity index (χ4n) is 5.14. The highest BCUT2D eigenvalue weighted by Crippen LogP contribution is 2.43. The first-order valence-electron chi connectivity index (χ1n) is 14.7. The molecule has 2 fully saturated rings. The van der Waals surface area contributed by atoms with Crippen molar-refractivity contribution in [3.63, 3.8) is 0 Å². The number of aromatic amines is 1. The van der Waals surface area contributed by atoms with E-state index in [1.807, 2.05) is 0 Å². The largest absolute Gasteiger partial charge is 0.461 e. The highest BCUT2D eigenvalue weighted by Gasteiger charge is 2.57. The molecule has 2 aromatic heterocycles. The number of nitrogens with one attached hydrogen (secondary N) is 3. The van der Waals surface area contributed by atoms with Gasteiger partial charge in [0.1, 0.15) is 47.3 Å². The quantitative estimate of drug-likeness (QED) is 0.282. The molecule has 0 radical (unpaired) electrons. The summed E-state index contributed by atoms with van der Waals surface area (Å²) in [6, 6.07) is -2.04. The molecule has 0 bridgehead atoms. The number of anilines is 1. The molecular formula is C28H42N6O10S. The third-order valence-corrected chi connectivity index (χ3v) is 8.04. The van der Waals surface area contributed by atoms with Crippen LogP contribution >= 0.6 is 11.3 Å². The summed E-state index contributed by atoms with van der Waals surface area (Å²) in [5, 5.41) is 5.26. The van der Waals surface area contributed by atoms with Crippen molar-refractivity contribution >= 4 is 45.6 Å². The summed E-state index contributed by atoms with van der Waals surface area (Å²) in [5.74, 6) is -3.24. The Balaban J connectivity index is 1.49. The first kappa shape index (κ1) is 34.3. The molecule has 45 heavy (non-hydrogen) atoms. The second-order valence-electron chi connectivity index (χ2n) is 13.2. The lowest BCUT2D eigenvalue weighted by atomic mass is 10.0. The van der Waals surface area contributed by atoms with Crippen LogP contribution in [0.5, 0.6) is 0 Å². The SMILES string of the molecule is CC(C)[C@H](NC(=O)OC(C)(C)C)C(=O)N[C@H](C(=O)OC[C@H]1O[C@@H](n2c(=O)sc3c(=O)[nH]c(N)nc32)[C@@H]2OC(C)(C)O[C@@H]21)C(C)C. The number of hydrogen-bond donors (Lipinski definition) is 4. The van der Waals surface area contributed by atoms with Gasteiger partial charge in [-0.15, -0.1) is 0 Å². The van der Waals surface area contributed by atoms with Crippen molar-refractivity contribution in [1.82, 2.24) is 25.2 Å². The van der Waals surface area contributed by atoms with Crippen LogP contribution in [0.2, 0.25) is 0 Å². The number of fused-ring (bicyclic) bond motifs is 2. The van der Waals surface area contributed by atoms with Gasteiger partial charge in [0.2, 0.25) is 11.9 Å².